The molecule has 2 aromatic heterocycles. The molecular formula is C18H24ClN3O2. The molecule has 5 nitrogen and oxygen atoms in total. The van der Waals surface area contributed by atoms with Crippen molar-refractivity contribution in [3.63, 3.8) is 0 Å². The van der Waals surface area contributed by atoms with Gasteiger partial charge in [-0.15, -0.1) is 0 Å². The van der Waals surface area contributed by atoms with Gasteiger partial charge in [0.15, 0.2) is 0 Å². The number of nitrogens with zero attached hydrogens (tertiary/aromatic N) is 2. The van der Waals surface area contributed by atoms with E-state index in [0.29, 0.717) is 11.6 Å². The summed E-state index contributed by atoms with van der Waals surface area (Å²) in [6, 6.07) is 3.86. The van der Waals surface area contributed by atoms with E-state index in [1.54, 1.807) is 12.3 Å². The number of carbonyl (C=O) groups excluding carboxylic acids is 1. The summed E-state index contributed by atoms with van der Waals surface area (Å²) >= 11 is 6.25. The van der Waals surface area contributed by atoms with Crippen molar-refractivity contribution in [3.05, 3.63) is 29.0 Å². The van der Waals surface area contributed by atoms with Gasteiger partial charge in [0.1, 0.15) is 11.2 Å². The summed E-state index contributed by atoms with van der Waals surface area (Å²) in [6.07, 6.45) is 4.58. The second kappa shape index (κ2) is 6.63. The van der Waals surface area contributed by atoms with Crippen molar-refractivity contribution < 1.29 is 9.53 Å². The molecule has 1 saturated heterocycles. The summed E-state index contributed by atoms with van der Waals surface area (Å²) in [6.45, 7) is 7.08. The van der Waals surface area contributed by atoms with Crippen LogP contribution in [0, 0.1) is 0 Å². The Hall–Kier alpha value is -1.75. The Morgan fingerprint density at radius 2 is 2.21 bits per heavy atom. The minimum absolute atomic E-state index is 0.235. The van der Waals surface area contributed by atoms with Crippen molar-refractivity contribution in [1.82, 2.24) is 14.9 Å². The molecule has 1 N–H and O–H groups in total. The Kier molecular flexibility index (Phi) is 4.72. The topological polar surface area (TPSA) is 58.2 Å². The van der Waals surface area contributed by atoms with Crippen molar-refractivity contribution >= 4 is 28.7 Å². The van der Waals surface area contributed by atoms with Gasteiger partial charge in [0.05, 0.1) is 5.02 Å². The molecule has 1 amide bonds. The first-order valence-corrected chi connectivity index (χ1v) is 8.82. The van der Waals surface area contributed by atoms with Gasteiger partial charge in [-0.1, -0.05) is 18.0 Å². The molecule has 130 valence electrons. The fourth-order valence-corrected chi connectivity index (χ4v) is 3.32. The predicted octanol–water partition coefficient (Wildman–Crippen LogP) is 4.72. The quantitative estimate of drug-likeness (QED) is 0.810. The molecular weight excluding hydrogens is 326 g/mol. The summed E-state index contributed by atoms with van der Waals surface area (Å²) in [5.41, 5.74) is 1.41. The number of hydrogen-bond acceptors (Lipinski definition) is 3. The number of rotatable bonds is 1. The number of fused-ring (bicyclic) bond motifs is 1. The second-order valence-electron chi connectivity index (χ2n) is 7.40. The van der Waals surface area contributed by atoms with Crippen LogP contribution in [0.25, 0.3) is 11.0 Å². The molecule has 0 aromatic carbocycles. The fourth-order valence-electron chi connectivity index (χ4n) is 3.12. The highest BCUT2D eigenvalue weighted by atomic mass is 35.5. The van der Waals surface area contributed by atoms with Gasteiger partial charge in [-0.25, -0.2) is 9.78 Å². The highest BCUT2D eigenvalue weighted by Crippen LogP contribution is 2.31. The van der Waals surface area contributed by atoms with Crippen LogP contribution in [-0.4, -0.2) is 39.7 Å². The van der Waals surface area contributed by atoms with Crippen molar-refractivity contribution in [3.8, 4) is 0 Å². The van der Waals surface area contributed by atoms with E-state index in [-0.39, 0.29) is 12.0 Å². The number of aromatic nitrogens is 2. The molecule has 0 saturated carbocycles. The Labute approximate surface area is 147 Å². The Balaban J connectivity index is 1.81. The summed E-state index contributed by atoms with van der Waals surface area (Å²) in [7, 11) is 0. The highest BCUT2D eigenvalue weighted by Gasteiger charge is 2.28. The van der Waals surface area contributed by atoms with E-state index in [1.165, 1.54) is 0 Å². The smallest absolute Gasteiger partial charge is 0.410 e. The Morgan fingerprint density at radius 1 is 1.42 bits per heavy atom. The summed E-state index contributed by atoms with van der Waals surface area (Å²) in [5.74, 6) is 0.241. The molecule has 0 bridgehead atoms. The van der Waals surface area contributed by atoms with Crippen LogP contribution in [0.3, 0.4) is 0 Å². The number of pyridine rings is 1. The average molecular weight is 350 g/mol. The number of carbonyl (C=O) groups is 1. The molecule has 0 radical (unpaired) electrons. The fraction of sp³-hybridized carbons (Fsp3) is 0.556. The van der Waals surface area contributed by atoms with Crippen molar-refractivity contribution in [2.24, 2.45) is 0 Å². The molecule has 1 aliphatic rings. The van der Waals surface area contributed by atoms with Crippen LogP contribution in [0.15, 0.2) is 18.3 Å². The molecule has 0 aliphatic carbocycles. The third-order valence-corrected chi connectivity index (χ3v) is 4.59. The lowest BCUT2D eigenvalue weighted by Crippen LogP contribution is -2.38. The largest absolute Gasteiger partial charge is 0.444 e. The maximum atomic E-state index is 12.4. The van der Waals surface area contributed by atoms with Gasteiger partial charge in [-0.2, -0.15) is 0 Å². The first-order valence-electron chi connectivity index (χ1n) is 8.44. The average Bonchev–Trinajstić information content (AvgIpc) is 2.77. The SMILES string of the molecule is CC(C)(C)OC(=O)N1CCCCC(c2cc3c(Cl)ccnc3[nH]2)C1. The normalized spacial score (nSPS) is 19.3. The van der Waals surface area contributed by atoms with E-state index < -0.39 is 5.60 Å². The Morgan fingerprint density at radius 3 is 2.92 bits per heavy atom. The maximum absolute atomic E-state index is 12.4. The monoisotopic (exact) mass is 349 g/mol. The lowest BCUT2D eigenvalue weighted by Gasteiger charge is -2.28. The number of aromatic amines is 1. The van der Waals surface area contributed by atoms with Gasteiger partial charge in [-0.05, 0) is 45.7 Å². The second-order valence-corrected chi connectivity index (χ2v) is 7.81. The van der Waals surface area contributed by atoms with Gasteiger partial charge < -0.3 is 14.6 Å². The third-order valence-electron chi connectivity index (χ3n) is 4.26. The van der Waals surface area contributed by atoms with Crippen LogP contribution >= 0.6 is 11.6 Å². The molecule has 1 fully saturated rings. The lowest BCUT2D eigenvalue weighted by atomic mass is 9.99. The molecule has 1 unspecified atom stereocenters. The summed E-state index contributed by atoms with van der Waals surface area (Å²) in [4.78, 5) is 22.0. The first-order chi connectivity index (χ1) is 11.3. The van der Waals surface area contributed by atoms with Crippen LogP contribution in [0.5, 0.6) is 0 Å². The summed E-state index contributed by atoms with van der Waals surface area (Å²) < 4.78 is 5.54. The number of ether oxygens (including phenoxy) is 1. The van der Waals surface area contributed by atoms with Crippen LogP contribution in [0.2, 0.25) is 5.02 Å². The van der Waals surface area contributed by atoms with Crippen LogP contribution in [-0.2, 0) is 4.74 Å². The number of amides is 1. The molecule has 1 atom stereocenters. The van der Waals surface area contributed by atoms with Crippen LogP contribution in [0.1, 0.15) is 51.6 Å². The number of halogens is 1. The zero-order chi connectivity index (χ0) is 17.3. The van der Waals surface area contributed by atoms with E-state index in [2.05, 4.69) is 16.0 Å². The highest BCUT2D eigenvalue weighted by molar-refractivity contribution is 6.35. The molecule has 6 heteroatoms. The van der Waals surface area contributed by atoms with Crippen molar-refractivity contribution in [2.45, 2.75) is 51.6 Å². The van der Waals surface area contributed by atoms with E-state index in [9.17, 15) is 4.79 Å². The van der Waals surface area contributed by atoms with Gasteiger partial charge in [0.25, 0.3) is 0 Å². The van der Waals surface area contributed by atoms with Crippen molar-refractivity contribution in [2.75, 3.05) is 13.1 Å². The predicted molar refractivity (Wildman–Crippen MR) is 95.5 cm³/mol. The zero-order valence-corrected chi connectivity index (χ0v) is 15.2. The lowest BCUT2D eigenvalue weighted by molar-refractivity contribution is 0.0248. The number of hydrogen-bond donors (Lipinski definition) is 1. The molecule has 24 heavy (non-hydrogen) atoms. The molecule has 3 rings (SSSR count). The van der Waals surface area contributed by atoms with E-state index in [1.807, 2.05) is 25.7 Å². The van der Waals surface area contributed by atoms with E-state index in [4.69, 9.17) is 16.3 Å². The maximum Gasteiger partial charge on any atom is 0.410 e. The first kappa shape index (κ1) is 17.1. The number of likely N-dealkylation sites (tertiary alicyclic amines) is 1. The molecule has 0 spiro atoms. The standard InChI is InChI=1S/C18H24ClN3O2/c1-18(2,3)24-17(23)22-9-5-4-6-12(11-22)15-10-13-14(19)7-8-20-16(13)21-15/h7-8,10,12H,4-6,9,11H2,1-3H3,(H,20,21). The van der Waals surface area contributed by atoms with Crippen molar-refractivity contribution in [1.29, 1.82) is 0 Å². The van der Waals surface area contributed by atoms with Crippen LogP contribution in [0.4, 0.5) is 4.79 Å². The van der Waals surface area contributed by atoms with Gasteiger partial charge >= 0.3 is 6.09 Å². The van der Waals surface area contributed by atoms with Gasteiger partial charge in [-0.3, -0.25) is 0 Å². The van der Waals surface area contributed by atoms with E-state index >= 15 is 0 Å². The molecule has 2 aromatic rings. The minimum Gasteiger partial charge on any atom is -0.444 e. The number of nitrogens with one attached hydrogen (secondary N) is 1. The van der Waals surface area contributed by atoms with E-state index in [0.717, 1.165) is 42.5 Å². The molecule has 1 aliphatic heterocycles. The minimum atomic E-state index is -0.475. The zero-order valence-electron chi connectivity index (χ0n) is 14.4. The summed E-state index contributed by atoms with van der Waals surface area (Å²) in [5, 5.41) is 1.63. The third kappa shape index (κ3) is 3.83. The molecule has 3 heterocycles. The van der Waals surface area contributed by atoms with Gasteiger partial charge in [0, 0.05) is 36.3 Å². The van der Waals surface area contributed by atoms with Gasteiger partial charge in [0.2, 0.25) is 0 Å². The Bertz CT molecular complexity index is 735. The number of H-pyrrole nitrogens is 1. The van der Waals surface area contributed by atoms with Crippen LogP contribution < -0.4 is 0 Å².